The largest absolute Gasteiger partial charge is 0.352 e. The Hall–Kier alpha value is -2.41. The maximum atomic E-state index is 13.0. The maximum absolute atomic E-state index is 13.0. The Morgan fingerprint density at radius 3 is 2.86 bits per heavy atom. The van der Waals surface area contributed by atoms with Crippen LogP contribution in [0.3, 0.4) is 0 Å². The Morgan fingerprint density at radius 2 is 2.18 bits per heavy atom. The van der Waals surface area contributed by atoms with Gasteiger partial charge in [-0.3, -0.25) is 9.48 Å². The maximum Gasteiger partial charge on any atom is 0.252 e. The zero-order valence-electron chi connectivity index (χ0n) is 16.2. The number of amides is 1. The highest BCUT2D eigenvalue weighted by Crippen LogP contribution is 2.40. The van der Waals surface area contributed by atoms with Crippen molar-refractivity contribution in [1.82, 2.24) is 29.9 Å². The topological polar surface area (TPSA) is 77.6 Å². The Morgan fingerprint density at radius 1 is 1.36 bits per heavy atom. The number of carbonyl (C=O) groups is 1. The van der Waals surface area contributed by atoms with Crippen LogP contribution < -0.4 is 5.32 Å². The van der Waals surface area contributed by atoms with Crippen LogP contribution in [0.4, 0.5) is 0 Å². The van der Waals surface area contributed by atoms with Crippen molar-refractivity contribution >= 4 is 28.5 Å². The molecule has 1 atom stereocenters. The lowest BCUT2D eigenvalue weighted by Gasteiger charge is -2.14. The molecular formula is C20H25ClN6O. The highest BCUT2D eigenvalue weighted by molar-refractivity contribution is 6.30. The van der Waals surface area contributed by atoms with Crippen molar-refractivity contribution in [1.29, 1.82) is 0 Å². The van der Waals surface area contributed by atoms with Crippen LogP contribution >= 0.6 is 11.6 Å². The van der Waals surface area contributed by atoms with Gasteiger partial charge in [0.1, 0.15) is 0 Å². The third-order valence-electron chi connectivity index (χ3n) is 5.02. The lowest BCUT2D eigenvalue weighted by molar-refractivity contribution is 0.0948. The summed E-state index contributed by atoms with van der Waals surface area (Å²) in [6.45, 7) is 6.24. The van der Waals surface area contributed by atoms with Gasteiger partial charge in [0, 0.05) is 37.4 Å². The minimum Gasteiger partial charge on any atom is -0.352 e. The van der Waals surface area contributed by atoms with Crippen LogP contribution in [0.15, 0.2) is 24.7 Å². The summed E-state index contributed by atoms with van der Waals surface area (Å²) in [7, 11) is 0. The molecule has 1 aliphatic carbocycles. The smallest absolute Gasteiger partial charge is 0.252 e. The molecule has 28 heavy (non-hydrogen) atoms. The molecule has 1 aliphatic rings. The van der Waals surface area contributed by atoms with Gasteiger partial charge in [0.05, 0.1) is 28.4 Å². The van der Waals surface area contributed by atoms with E-state index in [9.17, 15) is 4.79 Å². The van der Waals surface area contributed by atoms with Crippen molar-refractivity contribution in [2.75, 3.05) is 6.54 Å². The molecule has 0 aliphatic heterocycles. The van der Waals surface area contributed by atoms with Crippen LogP contribution in [0.2, 0.25) is 5.02 Å². The first-order valence-electron chi connectivity index (χ1n) is 9.87. The van der Waals surface area contributed by atoms with Gasteiger partial charge in [0.15, 0.2) is 5.65 Å². The molecule has 1 amide bonds. The Labute approximate surface area is 169 Å². The van der Waals surface area contributed by atoms with E-state index in [1.807, 2.05) is 10.7 Å². The molecule has 3 aromatic rings. The fraction of sp³-hybridized carbons (Fsp3) is 0.500. The van der Waals surface area contributed by atoms with Crippen molar-refractivity contribution in [2.45, 2.75) is 52.1 Å². The summed E-state index contributed by atoms with van der Waals surface area (Å²) in [4.78, 5) is 17.8. The molecule has 148 valence electrons. The fourth-order valence-corrected chi connectivity index (χ4v) is 3.56. The van der Waals surface area contributed by atoms with E-state index in [0.717, 1.165) is 42.5 Å². The predicted molar refractivity (Wildman–Crippen MR) is 109 cm³/mol. The van der Waals surface area contributed by atoms with E-state index in [1.165, 1.54) is 0 Å². The number of rotatable bonds is 8. The third kappa shape index (κ3) is 4.04. The molecule has 0 saturated heterocycles. The Bertz CT molecular complexity index is 990. The van der Waals surface area contributed by atoms with Gasteiger partial charge in [0.2, 0.25) is 0 Å². The minimum absolute atomic E-state index is 0.0734. The molecule has 0 unspecified atom stereocenters. The van der Waals surface area contributed by atoms with Crippen molar-refractivity contribution in [3.8, 4) is 0 Å². The second-order valence-electron chi connectivity index (χ2n) is 7.67. The SMILES string of the molecule is CCCn1ncc2c(C(=O)NC[C@@H](C)Cn3cc(Cl)cn3)cc(C3CC3)nc21. The van der Waals surface area contributed by atoms with Gasteiger partial charge in [-0.1, -0.05) is 25.4 Å². The molecule has 4 rings (SSSR count). The summed E-state index contributed by atoms with van der Waals surface area (Å²) in [5.41, 5.74) is 2.49. The zero-order valence-corrected chi connectivity index (χ0v) is 17.0. The van der Waals surface area contributed by atoms with E-state index in [1.54, 1.807) is 23.3 Å². The first-order valence-corrected chi connectivity index (χ1v) is 10.3. The molecule has 0 spiro atoms. The number of fused-ring (bicyclic) bond motifs is 1. The summed E-state index contributed by atoms with van der Waals surface area (Å²) >= 11 is 5.91. The molecule has 0 bridgehead atoms. The van der Waals surface area contributed by atoms with Crippen molar-refractivity contribution in [2.24, 2.45) is 5.92 Å². The van der Waals surface area contributed by atoms with Crippen molar-refractivity contribution in [3.63, 3.8) is 0 Å². The quantitative estimate of drug-likeness (QED) is 0.626. The number of pyridine rings is 1. The fourth-order valence-electron chi connectivity index (χ4n) is 3.40. The van der Waals surface area contributed by atoms with Crippen LogP contribution in [0, 0.1) is 5.92 Å². The van der Waals surface area contributed by atoms with Gasteiger partial charge in [-0.2, -0.15) is 10.2 Å². The van der Waals surface area contributed by atoms with Crippen LogP contribution in [-0.4, -0.2) is 37.0 Å². The van der Waals surface area contributed by atoms with Crippen LogP contribution in [0.25, 0.3) is 11.0 Å². The number of hydrogen-bond donors (Lipinski definition) is 1. The Kier molecular flexibility index (Phi) is 5.35. The average Bonchev–Trinajstić information content (AvgIpc) is 3.34. The molecule has 1 fully saturated rings. The second kappa shape index (κ2) is 7.91. The molecule has 0 aromatic carbocycles. The number of nitrogens with one attached hydrogen (secondary N) is 1. The first-order chi connectivity index (χ1) is 13.5. The Balaban J connectivity index is 1.51. The minimum atomic E-state index is -0.0734. The normalized spacial score (nSPS) is 15.1. The predicted octanol–water partition coefficient (Wildman–Crippen LogP) is 3.63. The van der Waals surface area contributed by atoms with Gasteiger partial charge in [-0.15, -0.1) is 0 Å². The number of nitrogens with zero attached hydrogens (tertiary/aromatic N) is 5. The monoisotopic (exact) mass is 400 g/mol. The van der Waals surface area contributed by atoms with Gasteiger partial charge in [-0.05, 0) is 31.2 Å². The number of halogens is 1. The molecule has 3 aromatic heterocycles. The zero-order chi connectivity index (χ0) is 19.7. The highest BCUT2D eigenvalue weighted by Gasteiger charge is 2.28. The summed E-state index contributed by atoms with van der Waals surface area (Å²) in [5, 5.41) is 13.2. The van der Waals surface area contributed by atoms with Crippen LogP contribution in [-0.2, 0) is 13.1 Å². The van der Waals surface area contributed by atoms with Crippen LogP contribution in [0.5, 0.6) is 0 Å². The van der Waals surface area contributed by atoms with Crippen LogP contribution in [0.1, 0.15) is 55.1 Å². The standard InChI is InChI=1S/C20H25ClN6O/c1-3-6-27-19-17(10-24-27)16(7-18(25-19)14-4-5-14)20(28)22-8-13(2)11-26-12-15(21)9-23-26/h7,9-10,12-14H,3-6,8,11H2,1-2H3,(H,22,28)/t13-/m1/s1. The summed E-state index contributed by atoms with van der Waals surface area (Å²) in [6, 6.07) is 1.95. The van der Waals surface area contributed by atoms with Gasteiger partial charge in [0.25, 0.3) is 5.91 Å². The molecule has 3 heterocycles. The van der Waals surface area contributed by atoms with E-state index >= 15 is 0 Å². The summed E-state index contributed by atoms with van der Waals surface area (Å²) in [6.07, 6.45) is 8.43. The lowest BCUT2D eigenvalue weighted by atomic mass is 10.1. The van der Waals surface area contributed by atoms with E-state index in [2.05, 4.69) is 29.4 Å². The van der Waals surface area contributed by atoms with Gasteiger partial charge < -0.3 is 5.32 Å². The average molecular weight is 401 g/mol. The molecule has 8 heteroatoms. The highest BCUT2D eigenvalue weighted by atomic mass is 35.5. The van der Waals surface area contributed by atoms with E-state index in [0.29, 0.717) is 29.6 Å². The van der Waals surface area contributed by atoms with E-state index in [-0.39, 0.29) is 11.8 Å². The number of aromatic nitrogens is 5. The van der Waals surface area contributed by atoms with Gasteiger partial charge in [-0.25, -0.2) is 9.67 Å². The number of hydrogen-bond acceptors (Lipinski definition) is 4. The molecule has 0 radical (unpaired) electrons. The molecule has 1 saturated carbocycles. The van der Waals surface area contributed by atoms with E-state index < -0.39 is 0 Å². The number of carbonyl (C=O) groups excluding carboxylic acids is 1. The first kappa shape index (κ1) is 18.9. The summed E-state index contributed by atoms with van der Waals surface area (Å²) < 4.78 is 3.70. The van der Waals surface area contributed by atoms with Crippen molar-refractivity contribution in [3.05, 3.63) is 40.9 Å². The summed E-state index contributed by atoms with van der Waals surface area (Å²) in [5.74, 6) is 0.628. The third-order valence-corrected chi connectivity index (χ3v) is 5.21. The molecule has 1 N–H and O–H groups in total. The van der Waals surface area contributed by atoms with E-state index in [4.69, 9.17) is 16.6 Å². The molecular weight excluding hydrogens is 376 g/mol. The lowest BCUT2D eigenvalue weighted by Crippen LogP contribution is -2.30. The second-order valence-corrected chi connectivity index (χ2v) is 8.11. The van der Waals surface area contributed by atoms with Gasteiger partial charge >= 0.3 is 0 Å². The molecule has 7 nitrogen and oxygen atoms in total. The van der Waals surface area contributed by atoms with Crippen molar-refractivity contribution < 1.29 is 4.79 Å². The number of aryl methyl sites for hydroxylation is 1.